The number of hydrogen-bond donors (Lipinski definition) is 1. The fraction of sp³-hybridized carbons (Fsp3) is 0.600. The fourth-order valence-corrected chi connectivity index (χ4v) is 4.47. The number of anilines is 1. The highest BCUT2D eigenvalue weighted by Gasteiger charge is 2.68. The van der Waals surface area contributed by atoms with Gasteiger partial charge in [0.15, 0.2) is 0 Å². The molecule has 1 aliphatic heterocycles. The summed E-state index contributed by atoms with van der Waals surface area (Å²) in [7, 11) is -3.06. The Labute approximate surface area is 129 Å². The van der Waals surface area contributed by atoms with E-state index in [1.807, 2.05) is 0 Å². The van der Waals surface area contributed by atoms with Crippen molar-refractivity contribution in [1.29, 1.82) is 0 Å². The standard InChI is InChI=1S/C15H20F2N2O2S/c1-14(11-15(14,16)17)12-3-5-13(6-4-12)18-7-9-19-8-2-10-22(19,20)21/h3-6,18H,2,7-11H2,1H3. The van der Waals surface area contributed by atoms with Gasteiger partial charge in [-0.3, -0.25) is 0 Å². The zero-order valence-electron chi connectivity index (χ0n) is 12.5. The predicted molar refractivity (Wildman–Crippen MR) is 81.8 cm³/mol. The quantitative estimate of drug-likeness (QED) is 0.902. The van der Waals surface area contributed by atoms with Gasteiger partial charge in [-0.1, -0.05) is 12.1 Å². The lowest BCUT2D eigenvalue weighted by atomic mass is 9.97. The van der Waals surface area contributed by atoms with Gasteiger partial charge in [0.25, 0.3) is 5.92 Å². The molecule has 1 N–H and O–H groups in total. The number of nitrogens with one attached hydrogen (secondary N) is 1. The Bertz CT molecular complexity index is 661. The minimum atomic E-state index is -3.06. The summed E-state index contributed by atoms with van der Waals surface area (Å²) in [6.07, 6.45) is 0.587. The third-order valence-electron chi connectivity index (χ3n) is 4.67. The van der Waals surface area contributed by atoms with Crippen LogP contribution in [0.2, 0.25) is 0 Å². The van der Waals surface area contributed by atoms with Crippen molar-refractivity contribution in [3.05, 3.63) is 29.8 Å². The molecule has 0 spiro atoms. The minimum absolute atomic E-state index is 0.0976. The second-order valence-electron chi connectivity index (χ2n) is 6.29. The van der Waals surface area contributed by atoms with E-state index >= 15 is 0 Å². The van der Waals surface area contributed by atoms with Crippen LogP contribution >= 0.6 is 0 Å². The summed E-state index contributed by atoms with van der Waals surface area (Å²) in [6.45, 7) is 3.09. The van der Waals surface area contributed by atoms with Crippen molar-refractivity contribution in [2.24, 2.45) is 0 Å². The monoisotopic (exact) mass is 330 g/mol. The van der Waals surface area contributed by atoms with Gasteiger partial charge in [0.05, 0.1) is 11.2 Å². The van der Waals surface area contributed by atoms with Gasteiger partial charge < -0.3 is 5.32 Å². The molecule has 1 aromatic rings. The Morgan fingerprint density at radius 3 is 2.41 bits per heavy atom. The van der Waals surface area contributed by atoms with E-state index in [1.54, 1.807) is 31.2 Å². The first-order valence-electron chi connectivity index (χ1n) is 7.45. The summed E-state index contributed by atoms with van der Waals surface area (Å²) in [4.78, 5) is 0. The van der Waals surface area contributed by atoms with E-state index in [0.29, 0.717) is 31.6 Å². The first-order chi connectivity index (χ1) is 10.2. The Kier molecular flexibility index (Phi) is 3.68. The van der Waals surface area contributed by atoms with Gasteiger partial charge in [-0.25, -0.2) is 21.5 Å². The van der Waals surface area contributed by atoms with Crippen LogP contribution < -0.4 is 5.32 Å². The van der Waals surface area contributed by atoms with E-state index in [-0.39, 0.29) is 12.2 Å². The summed E-state index contributed by atoms with van der Waals surface area (Å²) in [5.74, 6) is -2.37. The maximum atomic E-state index is 13.3. The van der Waals surface area contributed by atoms with E-state index in [9.17, 15) is 17.2 Å². The molecule has 1 aliphatic carbocycles. The Morgan fingerprint density at radius 2 is 1.91 bits per heavy atom. The van der Waals surface area contributed by atoms with Crippen LogP contribution in [-0.4, -0.2) is 44.0 Å². The molecule has 1 atom stereocenters. The van der Waals surface area contributed by atoms with Crippen molar-refractivity contribution in [3.63, 3.8) is 0 Å². The molecule has 0 amide bonds. The van der Waals surface area contributed by atoms with Crippen molar-refractivity contribution in [2.75, 3.05) is 30.7 Å². The average molecular weight is 330 g/mol. The minimum Gasteiger partial charge on any atom is -0.384 e. The van der Waals surface area contributed by atoms with Crippen LogP contribution in [0, 0.1) is 0 Å². The zero-order valence-corrected chi connectivity index (χ0v) is 13.3. The summed E-state index contributed by atoms with van der Waals surface area (Å²) in [6, 6.07) is 6.98. The van der Waals surface area contributed by atoms with Crippen molar-refractivity contribution < 1.29 is 17.2 Å². The van der Waals surface area contributed by atoms with E-state index in [0.717, 1.165) is 5.69 Å². The molecule has 3 rings (SSSR count). The molecule has 2 aliphatic rings. The number of halogens is 2. The number of benzene rings is 1. The SMILES string of the molecule is CC1(c2ccc(NCCN3CCCS3(=O)=O)cc2)CC1(F)F. The van der Waals surface area contributed by atoms with E-state index in [2.05, 4.69) is 5.32 Å². The first kappa shape index (κ1) is 15.7. The van der Waals surface area contributed by atoms with Gasteiger partial charge in [0.1, 0.15) is 0 Å². The van der Waals surface area contributed by atoms with Crippen LogP contribution in [0.15, 0.2) is 24.3 Å². The molecule has 7 heteroatoms. The highest BCUT2D eigenvalue weighted by atomic mass is 32.2. The van der Waals surface area contributed by atoms with Crippen LogP contribution in [0.25, 0.3) is 0 Å². The Hall–Kier alpha value is -1.21. The predicted octanol–water partition coefficient (Wildman–Crippen LogP) is 2.43. The molecule has 1 saturated heterocycles. The van der Waals surface area contributed by atoms with Crippen molar-refractivity contribution in [1.82, 2.24) is 4.31 Å². The summed E-state index contributed by atoms with van der Waals surface area (Å²) >= 11 is 0. The van der Waals surface area contributed by atoms with E-state index in [4.69, 9.17) is 0 Å². The zero-order chi connectivity index (χ0) is 16.0. The van der Waals surface area contributed by atoms with E-state index < -0.39 is 21.4 Å². The van der Waals surface area contributed by atoms with Gasteiger partial charge in [0, 0.05) is 31.7 Å². The molecule has 122 valence electrons. The summed E-state index contributed by atoms with van der Waals surface area (Å²) in [5.41, 5.74) is 0.424. The van der Waals surface area contributed by atoms with Crippen LogP contribution in [-0.2, 0) is 15.4 Å². The van der Waals surface area contributed by atoms with Crippen molar-refractivity contribution in [3.8, 4) is 0 Å². The molecule has 1 unspecified atom stereocenters. The smallest absolute Gasteiger partial charge is 0.258 e. The normalized spacial score (nSPS) is 29.4. The molecular formula is C15H20F2N2O2S. The maximum absolute atomic E-state index is 13.3. The lowest BCUT2D eigenvalue weighted by Crippen LogP contribution is -2.30. The second kappa shape index (κ2) is 5.16. The van der Waals surface area contributed by atoms with Gasteiger partial charge in [0.2, 0.25) is 10.0 Å². The first-order valence-corrected chi connectivity index (χ1v) is 9.06. The third kappa shape index (κ3) is 2.72. The van der Waals surface area contributed by atoms with Crippen molar-refractivity contribution in [2.45, 2.75) is 31.1 Å². The molecular weight excluding hydrogens is 310 g/mol. The summed E-state index contributed by atoms with van der Waals surface area (Å²) < 4.78 is 51.5. The molecule has 1 heterocycles. The lowest BCUT2D eigenvalue weighted by molar-refractivity contribution is 0.0920. The third-order valence-corrected chi connectivity index (χ3v) is 6.63. The van der Waals surface area contributed by atoms with Gasteiger partial charge >= 0.3 is 0 Å². The van der Waals surface area contributed by atoms with Crippen LogP contribution in [0.5, 0.6) is 0 Å². The Morgan fingerprint density at radius 1 is 1.27 bits per heavy atom. The van der Waals surface area contributed by atoms with Crippen LogP contribution in [0.1, 0.15) is 25.3 Å². The highest BCUT2D eigenvalue weighted by molar-refractivity contribution is 7.89. The number of sulfonamides is 1. The molecule has 1 saturated carbocycles. The van der Waals surface area contributed by atoms with Crippen LogP contribution in [0.4, 0.5) is 14.5 Å². The average Bonchev–Trinajstić information content (AvgIpc) is 2.78. The number of hydrogen-bond acceptors (Lipinski definition) is 3. The van der Waals surface area contributed by atoms with Gasteiger partial charge in [-0.05, 0) is 31.0 Å². The van der Waals surface area contributed by atoms with Crippen molar-refractivity contribution >= 4 is 15.7 Å². The van der Waals surface area contributed by atoms with E-state index in [1.165, 1.54) is 4.31 Å². The highest BCUT2D eigenvalue weighted by Crippen LogP contribution is 2.61. The fourth-order valence-electron chi connectivity index (χ4n) is 2.94. The largest absolute Gasteiger partial charge is 0.384 e. The van der Waals surface area contributed by atoms with Crippen LogP contribution in [0.3, 0.4) is 0 Å². The Balaban J connectivity index is 1.54. The molecule has 2 fully saturated rings. The number of rotatable bonds is 5. The lowest BCUT2D eigenvalue weighted by Gasteiger charge is -2.16. The molecule has 22 heavy (non-hydrogen) atoms. The topological polar surface area (TPSA) is 49.4 Å². The summed E-state index contributed by atoms with van der Waals surface area (Å²) in [5, 5.41) is 3.14. The molecule has 4 nitrogen and oxygen atoms in total. The second-order valence-corrected chi connectivity index (χ2v) is 8.37. The van der Waals surface area contributed by atoms with Gasteiger partial charge in [-0.15, -0.1) is 0 Å². The molecule has 0 bridgehead atoms. The number of alkyl halides is 2. The molecule has 0 aromatic heterocycles. The number of nitrogens with zero attached hydrogens (tertiary/aromatic N) is 1. The van der Waals surface area contributed by atoms with Gasteiger partial charge in [-0.2, -0.15) is 0 Å². The maximum Gasteiger partial charge on any atom is 0.258 e. The molecule has 1 aromatic carbocycles. The molecule has 0 radical (unpaired) electrons.